The molecule has 4 heterocycles. The minimum atomic E-state index is -2.85. The number of Topliss-reactive ketones (excluding diaryl/α,β-unsaturated/α-hetero) is 1. The standard InChI is InChI=1S/C25H29F2N7O3/c26-23(27)21-19(12-34(31-21)17-5-1-14(13-35)2-6-17)29-25(37)18-9-28-33-8-7-20(30-24(18)33)32-10-15-3-4-16(11-32)22(15)36/h7-9,12,14-17,23,35H,1-6,10-11,13H2,(H,29,37). The smallest absolute Gasteiger partial charge is 0.284 e. The molecule has 2 N–H and O–H groups in total. The van der Waals surface area contributed by atoms with E-state index in [4.69, 9.17) is 0 Å². The summed E-state index contributed by atoms with van der Waals surface area (Å²) in [4.78, 5) is 32.2. The minimum Gasteiger partial charge on any atom is -0.396 e. The van der Waals surface area contributed by atoms with Crippen LogP contribution < -0.4 is 10.2 Å². The fraction of sp³-hybridized carbons (Fsp3) is 0.560. The zero-order valence-corrected chi connectivity index (χ0v) is 20.3. The van der Waals surface area contributed by atoms with Gasteiger partial charge in [0.05, 0.1) is 17.9 Å². The highest BCUT2D eigenvalue weighted by Gasteiger charge is 2.41. The summed E-state index contributed by atoms with van der Waals surface area (Å²) in [6.07, 6.45) is 6.54. The highest BCUT2D eigenvalue weighted by Crippen LogP contribution is 2.36. The summed E-state index contributed by atoms with van der Waals surface area (Å²) < 4.78 is 30.6. The second-order valence-corrected chi connectivity index (χ2v) is 10.4. The monoisotopic (exact) mass is 513 g/mol. The lowest BCUT2D eigenvalue weighted by molar-refractivity contribution is -0.124. The number of alkyl halides is 2. The number of amides is 1. The molecule has 2 atom stereocenters. The average Bonchev–Trinajstić information content (AvgIpc) is 3.56. The van der Waals surface area contributed by atoms with E-state index < -0.39 is 18.0 Å². The van der Waals surface area contributed by atoms with Gasteiger partial charge in [-0.25, -0.2) is 18.3 Å². The zero-order valence-electron chi connectivity index (χ0n) is 20.3. The number of anilines is 2. The molecule has 3 aromatic heterocycles. The number of hydrogen-bond acceptors (Lipinski definition) is 7. The van der Waals surface area contributed by atoms with Crippen molar-refractivity contribution in [3.8, 4) is 0 Å². The molecule has 1 saturated heterocycles. The van der Waals surface area contributed by atoms with E-state index >= 15 is 0 Å². The largest absolute Gasteiger partial charge is 0.396 e. The highest BCUT2D eigenvalue weighted by molar-refractivity contribution is 6.08. The Morgan fingerprint density at radius 2 is 1.86 bits per heavy atom. The van der Waals surface area contributed by atoms with Gasteiger partial charge < -0.3 is 15.3 Å². The molecule has 2 bridgehead atoms. The number of nitrogens with zero attached hydrogens (tertiary/aromatic N) is 6. The molecule has 3 fully saturated rings. The highest BCUT2D eigenvalue weighted by atomic mass is 19.3. The van der Waals surface area contributed by atoms with Crippen molar-refractivity contribution in [2.45, 2.75) is 51.0 Å². The number of carbonyl (C=O) groups excluding carboxylic acids is 2. The molecule has 2 saturated carbocycles. The van der Waals surface area contributed by atoms with Crippen LogP contribution in [0.5, 0.6) is 0 Å². The Balaban J connectivity index is 1.23. The molecule has 3 aliphatic rings. The maximum absolute atomic E-state index is 13.8. The van der Waals surface area contributed by atoms with Crippen molar-refractivity contribution in [3.63, 3.8) is 0 Å². The first kappa shape index (κ1) is 24.0. The molecule has 0 aromatic carbocycles. The van der Waals surface area contributed by atoms with Crippen molar-refractivity contribution in [3.05, 3.63) is 35.9 Å². The van der Waals surface area contributed by atoms with Crippen LogP contribution in [-0.2, 0) is 4.79 Å². The molecule has 3 aromatic rings. The lowest BCUT2D eigenvalue weighted by Crippen LogP contribution is -2.42. The first-order valence-corrected chi connectivity index (χ1v) is 12.8. The maximum Gasteiger partial charge on any atom is 0.284 e. The van der Waals surface area contributed by atoms with E-state index in [9.17, 15) is 23.5 Å². The lowest BCUT2D eigenvalue weighted by Gasteiger charge is -2.31. The van der Waals surface area contributed by atoms with E-state index in [-0.39, 0.29) is 41.7 Å². The summed E-state index contributed by atoms with van der Waals surface area (Å²) >= 11 is 0. The van der Waals surface area contributed by atoms with Crippen LogP contribution in [0, 0.1) is 17.8 Å². The maximum atomic E-state index is 13.8. The average molecular weight is 514 g/mol. The van der Waals surface area contributed by atoms with E-state index in [1.54, 1.807) is 12.3 Å². The van der Waals surface area contributed by atoms with Crippen molar-refractivity contribution in [2.24, 2.45) is 17.8 Å². The molecule has 10 nitrogen and oxygen atoms in total. The number of aromatic nitrogens is 5. The van der Waals surface area contributed by atoms with Gasteiger partial charge in [-0.15, -0.1) is 0 Å². The van der Waals surface area contributed by atoms with Crippen molar-refractivity contribution in [1.29, 1.82) is 0 Å². The van der Waals surface area contributed by atoms with Gasteiger partial charge in [0.15, 0.2) is 11.3 Å². The van der Waals surface area contributed by atoms with Gasteiger partial charge in [0, 0.05) is 43.9 Å². The minimum absolute atomic E-state index is 0.0208. The molecule has 1 amide bonds. The Hall–Kier alpha value is -3.41. The summed E-state index contributed by atoms with van der Waals surface area (Å²) in [5.74, 6) is 0.664. The Labute approximate surface area is 211 Å². The van der Waals surface area contributed by atoms with Crippen molar-refractivity contribution >= 4 is 28.8 Å². The summed E-state index contributed by atoms with van der Waals surface area (Å²) in [6.45, 7) is 1.33. The van der Waals surface area contributed by atoms with Crippen LogP contribution in [-0.4, -0.2) is 60.9 Å². The van der Waals surface area contributed by atoms with Gasteiger partial charge in [-0.2, -0.15) is 10.2 Å². The fourth-order valence-corrected chi connectivity index (χ4v) is 6.00. The number of ketones is 1. The van der Waals surface area contributed by atoms with E-state index in [0.717, 1.165) is 38.5 Å². The topological polar surface area (TPSA) is 118 Å². The number of nitrogens with one attached hydrogen (secondary N) is 1. The van der Waals surface area contributed by atoms with Crippen molar-refractivity contribution in [1.82, 2.24) is 24.4 Å². The SMILES string of the molecule is O=C(Nc1cn(C2CCC(CO)CC2)nc1C(F)F)c1cnn2ccc(N3CC4CCC(C3)C4=O)nc12. The molecule has 2 unspecified atom stereocenters. The molecule has 37 heavy (non-hydrogen) atoms. The number of rotatable bonds is 6. The van der Waals surface area contributed by atoms with E-state index in [2.05, 4.69) is 25.4 Å². The Morgan fingerprint density at radius 1 is 1.14 bits per heavy atom. The van der Waals surface area contributed by atoms with Gasteiger partial charge in [-0.3, -0.25) is 14.3 Å². The molecule has 0 spiro atoms. The van der Waals surface area contributed by atoms with Crippen LogP contribution >= 0.6 is 0 Å². The number of fused-ring (bicyclic) bond motifs is 3. The van der Waals surface area contributed by atoms with E-state index in [1.807, 2.05) is 0 Å². The molecular weight excluding hydrogens is 484 g/mol. The van der Waals surface area contributed by atoms with Gasteiger partial charge in [0.2, 0.25) is 0 Å². The van der Waals surface area contributed by atoms with Gasteiger partial charge in [-0.05, 0) is 50.5 Å². The van der Waals surface area contributed by atoms with Gasteiger partial charge >= 0.3 is 0 Å². The molecule has 6 rings (SSSR count). The summed E-state index contributed by atoms with van der Waals surface area (Å²) in [5.41, 5.74) is -0.0380. The van der Waals surface area contributed by atoms with Crippen molar-refractivity contribution in [2.75, 3.05) is 29.9 Å². The third-order valence-electron chi connectivity index (χ3n) is 8.14. The summed E-state index contributed by atoms with van der Waals surface area (Å²) in [6, 6.07) is 1.75. The van der Waals surface area contributed by atoms with Crippen LogP contribution in [0.2, 0.25) is 0 Å². The Morgan fingerprint density at radius 3 is 2.54 bits per heavy atom. The first-order valence-electron chi connectivity index (χ1n) is 12.8. The summed E-state index contributed by atoms with van der Waals surface area (Å²) in [5, 5.41) is 20.3. The van der Waals surface area contributed by atoms with E-state index in [1.165, 1.54) is 21.6 Å². The van der Waals surface area contributed by atoms with Gasteiger partial charge in [-0.1, -0.05) is 0 Å². The number of hydrogen-bond donors (Lipinski definition) is 2. The second kappa shape index (κ2) is 9.47. The first-order chi connectivity index (χ1) is 17.9. The predicted molar refractivity (Wildman–Crippen MR) is 130 cm³/mol. The Bertz CT molecular complexity index is 1320. The van der Waals surface area contributed by atoms with E-state index in [0.29, 0.717) is 30.3 Å². The van der Waals surface area contributed by atoms with Gasteiger partial charge in [0.25, 0.3) is 12.3 Å². The number of carbonyl (C=O) groups is 2. The number of aliphatic hydroxyl groups is 1. The lowest BCUT2D eigenvalue weighted by atomic mass is 9.87. The second-order valence-electron chi connectivity index (χ2n) is 10.4. The van der Waals surface area contributed by atoms with Crippen LogP contribution in [0.25, 0.3) is 5.65 Å². The van der Waals surface area contributed by atoms with Gasteiger partial charge in [0.1, 0.15) is 17.2 Å². The summed E-state index contributed by atoms with van der Waals surface area (Å²) in [7, 11) is 0. The van der Waals surface area contributed by atoms with Crippen LogP contribution in [0.15, 0.2) is 24.7 Å². The third-order valence-corrected chi connectivity index (χ3v) is 8.14. The Kier molecular flexibility index (Phi) is 6.13. The number of piperidine rings is 1. The molecule has 2 aliphatic carbocycles. The van der Waals surface area contributed by atoms with Crippen molar-refractivity contribution < 1.29 is 23.5 Å². The zero-order chi connectivity index (χ0) is 25.7. The normalized spacial score (nSPS) is 25.8. The predicted octanol–water partition coefficient (Wildman–Crippen LogP) is 3.25. The number of halogens is 2. The van der Waals surface area contributed by atoms with Crippen LogP contribution in [0.1, 0.15) is 67.0 Å². The quantitative estimate of drug-likeness (QED) is 0.520. The molecular formula is C25H29F2N7O3. The molecule has 1 aliphatic heterocycles. The number of aliphatic hydroxyl groups excluding tert-OH is 1. The molecule has 196 valence electrons. The van der Waals surface area contributed by atoms with Crippen LogP contribution in [0.4, 0.5) is 20.3 Å². The molecule has 0 radical (unpaired) electrons. The third kappa shape index (κ3) is 4.36. The fourth-order valence-electron chi connectivity index (χ4n) is 6.00. The molecule has 12 heteroatoms. The van der Waals surface area contributed by atoms with Crippen LogP contribution in [0.3, 0.4) is 0 Å².